The molecule has 0 aliphatic carbocycles. The molecule has 0 unspecified atom stereocenters. The predicted molar refractivity (Wildman–Crippen MR) is 222 cm³/mol. The van der Waals surface area contributed by atoms with Crippen molar-refractivity contribution < 1.29 is 68.5 Å². The average molecular weight is 903 g/mol. The summed E-state index contributed by atoms with van der Waals surface area (Å²) in [4.78, 5) is 77.2. The van der Waals surface area contributed by atoms with Gasteiger partial charge < -0.3 is 76.8 Å². The summed E-state index contributed by atoms with van der Waals surface area (Å²) in [5, 5.41) is 64.6. The Bertz CT molecular complexity index is 2040. The number of hydrogen-bond donors (Lipinski definition) is 11. The topological polar surface area (TPSA) is 353 Å². The van der Waals surface area contributed by atoms with Crippen molar-refractivity contribution in [3.05, 3.63) is 48.5 Å². The predicted octanol–water partition coefficient (Wildman–Crippen LogP) is -3.57. The van der Waals surface area contributed by atoms with Crippen LogP contribution >= 0.6 is 0 Å². The molecule has 1 aromatic carbocycles. The van der Waals surface area contributed by atoms with Crippen molar-refractivity contribution in [2.24, 2.45) is 11.7 Å². The maximum Gasteiger partial charge on any atom is 0.249 e. The summed E-state index contributed by atoms with van der Waals surface area (Å²) in [6.07, 6.45) is -9.07. The molecule has 3 aromatic rings. The van der Waals surface area contributed by atoms with Crippen LogP contribution in [-0.2, 0) is 49.5 Å². The standard InChI is InChI=1S/C40H58N10O14/c1-19(2)27(49-37(59)20(3)62-33-28(47-21(4)53)40(64-25(15-52)31(33)56)61-16-22-8-6-5-7-9-22)38(60)48-23(34(41)58)10-11-26(54)42-12-13-43-35-29-36(45-17-44-35)50(18-46-29)39-32(57)30(55)24(14-51)63-39/h5-9,17-20,23-25,27-28,30-33,39-40,51-52,55-57H,10-16H2,1-4H3,(H2,41,58)(H,42,54)(H,47,53)(H,48,60)(H,49,59)(H,43,44,45)/t20-,23-,24-,25-,27-,28-,30-,31-,32-,33-,39-,40+/m1/s1. The molecule has 2 aliphatic rings. The SMILES string of the molecule is CC(=O)N[C@H]1[C@@H](OCc2ccccc2)O[C@H](CO)[C@@H](O)[C@@H]1O[C@H](C)C(=O)N[C@@H](C(=O)N[C@H](CCC(=O)NCCNc1ncnc2c1ncn2[C@@H]1O[C@H](CO)[C@@H](O)[C@H]1O)C(N)=O)C(C)C. The van der Waals surface area contributed by atoms with E-state index < -0.39 is 122 Å². The Balaban J connectivity index is 1.12. The van der Waals surface area contributed by atoms with Gasteiger partial charge in [0, 0.05) is 26.4 Å². The molecule has 5 rings (SSSR count). The van der Waals surface area contributed by atoms with Crippen LogP contribution in [0.3, 0.4) is 0 Å². The van der Waals surface area contributed by atoms with Gasteiger partial charge in [-0.3, -0.25) is 28.5 Å². The van der Waals surface area contributed by atoms with E-state index in [-0.39, 0.29) is 38.2 Å². The summed E-state index contributed by atoms with van der Waals surface area (Å²) in [5.74, 6) is -3.66. The lowest BCUT2D eigenvalue weighted by Gasteiger charge is -2.44. The molecule has 0 spiro atoms. The van der Waals surface area contributed by atoms with Gasteiger partial charge in [0.1, 0.15) is 67.2 Å². The van der Waals surface area contributed by atoms with E-state index in [0.29, 0.717) is 11.3 Å². The summed E-state index contributed by atoms with van der Waals surface area (Å²) in [5.41, 5.74) is 6.96. The molecule has 5 amide bonds. The third-order valence-corrected chi connectivity index (χ3v) is 10.7. The summed E-state index contributed by atoms with van der Waals surface area (Å²) in [6.45, 7) is 5.11. The van der Waals surface area contributed by atoms with Crippen LogP contribution in [0.2, 0.25) is 0 Å². The summed E-state index contributed by atoms with van der Waals surface area (Å²) >= 11 is 0. The van der Waals surface area contributed by atoms with Crippen molar-refractivity contribution in [3.8, 4) is 0 Å². The Morgan fingerprint density at radius 2 is 1.59 bits per heavy atom. The molecule has 352 valence electrons. The number of carbonyl (C=O) groups is 5. The van der Waals surface area contributed by atoms with Crippen LogP contribution in [0.4, 0.5) is 5.82 Å². The Hall–Kier alpha value is -5.44. The van der Waals surface area contributed by atoms with Gasteiger partial charge in [-0.05, 0) is 24.8 Å². The average Bonchev–Trinajstić information content (AvgIpc) is 3.83. The molecule has 2 saturated heterocycles. The number of aromatic nitrogens is 4. The number of fused-ring (bicyclic) bond motifs is 1. The van der Waals surface area contributed by atoms with Crippen molar-refractivity contribution in [2.75, 3.05) is 31.6 Å². The number of amides is 5. The molecule has 2 aromatic heterocycles. The molecule has 4 heterocycles. The van der Waals surface area contributed by atoms with Crippen LogP contribution in [0.25, 0.3) is 11.2 Å². The van der Waals surface area contributed by atoms with Crippen LogP contribution in [0.15, 0.2) is 43.0 Å². The second-order valence-corrected chi connectivity index (χ2v) is 15.8. The lowest BCUT2D eigenvalue weighted by molar-refractivity contribution is -0.283. The van der Waals surface area contributed by atoms with Gasteiger partial charge in [-0.15, -0.1) is 0 Å². The number of imidazole rings is 1. The number of hydrogen-bond acceptors (Lipinski definition) is 18. The molecule has 12 N–H and O–H groups in total. The number of ether oxygens (including phenoxy) is 4. The minimum atomic E-state index is -1.52. The van der Waals surface area contributed by atoms with E-state index in [1.165, 1.54) is 31.1 Å². The minimum absolute atomic E-state index is 0.0501. The number of nitrogens with two attached hydrogens (primary N) is 1. The van der Waals surface area contributed by atoms with Crippen LogP contribution < -0.4 is 32.3 Å². The van der Waals surface area contributed by atoms with E-state index in [4.69, 9.17) is 24.7 Å². The van der Waals surface area contributed by atoms with Gasteiger partial charge in [0.05, 0.1) is 26.1 Å². The fraction of sp³-hybridized carbons (Fsp3) is 0.600. The summed E-state index contributed by atoms with van der Waals surface area (Å²) in [6, 6.07) is 5.44. The van der Waals surface area contributed by atoms with Crippen LogP contribution in [0, 0.1) is 5.92 Å². The fourth-order valence-corrected chi connectivity index (χ4v) is 7.19. The molecular formula is C40H58N10O14. The van der Waals surface area contributed by atoms with E-state index in [1.54, 1.807) is 13.8 Å². The van der Waals surface area contributed by atoms with Crippen LogP contribution in [-0.4, -0.2) is 168 Å². The molecule has 24 heteroatoms. The molecule has 64 heavy (non-hydrogen) atoms. The quantitative estimate of drug-likeness (QED) is 0.0435. The Morgan fingerprint density at radius 3 is 2.23 bits per heavy atom. The molecular weight excluding hydrogens is 844 g/mol. The molecule has 2 fully saturated rings. The van der Waals surface area contributed by atoms with E-state index in [1.807, 2.05) is 30.3 Å². The Kier molecular flexibility index (Phi) is 17.8. The highest BCUT2D eigenvalue weighted by Crippen LogP contribution is 2.32. The van der Waals surface area contributed by atoms with Gasteiger partial charge in [-0.2, -0.15) is 0 Å². The Morgan fingerprint density at radius 1 is 0.891 bits per heavy atom. The van der Waals surface area contributed by atoms with Gasteiger partial charge in [0.2, 0.25) is 29.5 Å². The van der Waals surface area contributed by atoms with E-state index in [9.17, 15) is 49.5 Å². The van der Waals surface area contributed by atoms with Crippen LogP contribution in [0.1, 0.15) is 52.3 Å². The lowest BCUT2D eigenvalue weighted by Crippen LogP contribution is -2.66. The van der Waals surface area contributed by atoms with Crippen molar-refractivity contribution >= 4 is 46.5 Å². The second-order valence-electron chi connectivity index (χ2n) is 15.8. The number of benzene rings is 1. The first-order valence-corrected chi connectivity index (χ1v) is 20.8. The van der Waals surface area contributed by atoms with Crippen LogP contribution in [0.5, 0.6) is 0 Å². The third-order valence-electron chi connectivity index (χ3n) is 10.7. The smallest absolute Gasteiger partial charge is 0.249 e. The molecule has 2 aliphatic heterocycles. The summed E-state index contributed by atoms with van der Waals surface area (Å²) < 4.78 is 24.7. The third kappa shape index (κ3) is 12.4. The largest absolute Gasteiger partial charge is 0.394 e. The number of nitrogens with one attached hydrogen (secondary N) is 5. The molecule has 0 saturated carbocycles. The first-order chi connectivity index (χ1) is 30.5. The van der Waals surface area contributed by atoms with Gasteiger partial charge in [0.25, 0.3) is 0 Å². The molecule has 12 atom stereocenters. The van der Waals surface area contributed by atoms with E-state index in [2.05, 4.69) is 41.5 Å². The van der Waals surface area contributed by atoms with Crippen molar-refractivity contribution in [1.82, 2.24) is 40.8 Å². The summed E-state index contributed by atoms with van der Waals surface area (Å²) in [7, 11) is 0. The number of anilines is 1. The molecule has 24 nitrogen and oxygen atoms in total. The number of aliphatic hydroxyl groups excluding tert-OH is 5. The zero-order valence-electron chi connectivity index (χ0n) is 35.8. The molecule has 0 radical (unpaired) electrons. The number of primary amides is 1. The second kappa shape index (κ2) is 23.0. The highest BCUT2D eigenvalue weighted by Gasteiger charge is 2.48. The Labute approximate surface area is 367 Å². The number of nitrogens with zero attached hydrogens (tertiary/aromatic N) is 4. The number of carbonyl (C=O) groups excluding carboxylic acids is 5. The highest BCUT2D eigenvalue weighted by molar-refractivity contribution is 5.93. The minimum Gasteiger partial charge on any atom is -0.394 e. The van der Waals surface area contributed by atoms with Gasteiger partial charge >= 0.3 is 0 Å². The zero-order chi connectivity index (χ0) is 46.7. The highest BCUT2D eigenvalue weighted by atomic mass is 16.7. The zero-order valence-corrected chi connectivity index (χ0v) is 35.8. The first kappa shape index (κ1) is 49.6. The first-order valence-electron chi connectivity index (χ1n) is 20.8. The maximum atomic E-state index is 13.5. The fourth-order valence-electron chi connectivity index (χ4n) is 7.19. The van der Waals surface area contributed by atoms with E-state index in [0.717, 1.165) is 5.56 Å². The monoisotopic (exact) mass is 902 g/mol. The van der Waals surface area contributed by atoms with Crippen molar-refractivity contribution in [2.45, 2.75) is 121 Å². The van der Waals surface area contributed by atoms with Crippen molar-refractivity contribution in [1.29, 1.82) is 0 Å². The normalized spacial score (nSPS) is 25.9. The maximum absolute atomic E-state index is 13.5. The van der Waals surface area contributed by atoms with Gasteiger partial charge in [0.15, 0.2) is 29.5 Å². The van der Waals surface area contributed by atoms with Gasteiger partial charge in [-0.25, -0.2) is 15.0 Å². The lowest BCUT2D eigenvalue weighted by atomic mass is 9.96. The van der Waals surface area contributed by atoms with E-state index >= 15 is 0 Å². The molecule has 0 bridgehead atoms. The number of rotatable bonds is 22. The van der Waals surface area contributed by atoms with Gasteiger partial charge in [-0.1, -0.05) is 44.2 Å². The van der Waals surface area contributed by atoms with Crippen molar-refractivity contribution in [3.63, 3.8) is 0 Å². The number of aliphatic hydroxyl groups is 5.